The molecule has 2 heterocycles. The van der Waals surface area contributed by atoms with Crippen molar-refractivity contribution in [2.75, 3.05) is 6.26 Å². The van der Waals surface area contributed by atoms with Crippen molar-refractivity contribution in [3.05, 3.63) is 116 Å². The van der Waals surface area contributed by atoms with Crippen molar-refractivity contribution < 1.29 is 8.83 Å². The molecule has 7 heteroatoms. The van der Waals surface area contributed by atoms with Crippen LogP contribution in [0.2, 0.25) is 0 Å². The molecule has 0 amide bonds. The van der Waals surface area contributed by atoms with Gasteiger partial charge in [-0.1, -0.05) is 48.5 Å². The fraction of sp³-hybridized carbons (Fsp3) is 0.0400. The Morgan fingerprint density at radius 3 is 2.09 bits per heavy atom. The number of rotatable bonds is 3. The first-order chi connectivity index (χ1) is 15.6. The lowest BCUT2D eigenvalue weighted by Gasteiger charge is -2.05. The van der Waals surface area contributed by atoms with E-state index in [4.69, 9.17) is 8.83 Å². The van der Waals surface area contributed by atoms with Crippen LogP contribution in [-0.4, -0.2) is 16.2 Å². The molecule has 0 N–H and O–H groups in total. The number of fused-ring (bicyclic) bond motifs is 2. The number of thioether (sulfide) groups is 1. The second-order valence-electron chi connectivity index (χ2n) is 6.95. The van der Waals surface area contributed by atoms with E-state index in [1.54, 1.807) is 42.5 Å². The average Bonchev–Trinajstić information content (AvgIpc) is 2.81. The van der Waals surface area contributed by atoms with Crippen molar-refractivity contribution in [2.45, 2.75) is 0 Å². The van der Waals surface area contributed by atoms with Gasteiger partial charge in [0.25, 0.3) is 0 Å². The lowest BCUT2D eigenvalue weighted by atomic mass is 10.2. The van der Waals surface area contributed by atoms with E-state index in [9.17, 15) is 9.59 Å². The summed E-state index contributed by atoms with van der Waals surface area (Å²) in [5.74, 6) is 0.421. The van der Waals surface area contributed by atoms with Gasteiger partial charge in [0.1, 0.15) is 0 Å². The lowest BCUT2D eigenvalue weighted by Crippen LogP contribution is -2.27. The first kappa shape index (κ1) is 20.0. The van der Waals surface area contributed by atoms with Crippen LogP contribution >= 0.6 is 11.8 Å². The van der Waals surface area contributed by atoms with Crippen molar-refractivity contribution in [1.29, 1.82) is 0 Å². The fourth-order valence-electron chi connectivity index (χ4n) is 3.49. The van der Waals surface area contributed by atoms with Gasteiger partial charge < -0.3 is 8.83 Å². The van der Waals surface area contributed by atoms with E-state index < -0.39 is 11.3 Å². The zero-order valence-corrected chi connectivity index (χ0v) is 17.8. The Labute approximate surface area is 185 Å². The van der Waals surface area contributed by atoms with Gasteiger partial charge in [0.2, 0.25) is 11.8 Å². The number of aromatic nitrogens is 2. The minimum Gasteiger partial charge on any atom is -0.404 e. The Bertz CT molecular complexity index is 1720. The summed E-state index contributed by atoms with van der Waals surface area (Å²) in [4.78, 5) is 34.5. The van der Waals surface area contributed by atoms with Gasteiger partial charge in [0.05, 0.1) is 26.7 Å². The summed E-state index contributed by atoms with van der Waals surface area (Å²) >= 11 is 1.41. The van der Waals surface area contributed by atoms with Crippen LogP contribution in [0, 0.1) is 0 Å². The first-order valence-electron chi connectivity index (χ1n) is 9.79. The third-order valence-corrected chi connectivity index (χ3v) is 5.77. The fourth-order valence-corrected chi connectivity index (χ4v) is 4.16. The molecule has 5 rings (SSSR count). The summed E-state index contributed by atoms with van der Waals surface area (Å²) in [5, 5.41) is 2.39. The molecule has 0 aliphatic heterocycles. The number of para-hydroxylation sites is 2. The molecule has 0 aliphatic carbocycles. The number of hydrogen-bond donors (Lipinski definition) is 0. The minimum absolute atomic E-state index is 0.189. The van der Waals surface area contributed by atoms with Gasteiger partial charge >= 0.3 is 11.3 Å². The van der Waals surface area contributed by atoms with E-state index in [2.05, 4.69) is 9.97 Å². The quantitative estimate of drug-likeness (QED) is 0.426. The van der Waals surface area contributed by atoms with Crippen LogP contribution in [0.15, 0.2) is 91.2 Å². The predicted molar refractivity (Wildman–Crippen MR) is 126 cm³/mol. The van der Waals surface area contributed by atoms with Gasteiger partial charge in [-0.3, -0.25) is 0 Å². The molecule has 156 valence electrons. The molecule has 0 atom stereocenters. The molecule has 0 spiro atoms. The number of nitrogens with zero attached hydrogens (tertiary/aromatic N) is 2. The van der Waals surface area contributed by atoms with Crippen molar-refractivity contribution in [2.24, 2.45) is 0 Å². The smallest absolute Gasteiger partial charge is 0.347 e. The SMILES string of the molecule is CS/C(c1nc2ccccc2c(=O)o1)=c1/cccc/c1=C\c1nc2ccccc2c(=O)o1. The maximum absolute atomic E-state index is 12.5. The summed E-state index contributed by atoms with van der Waals surface area (Å²) in [6.45, 7) is 0. The summed E-state index contributed by atoms with van der Waals surface area (Å²) in [5.41, 5.74) is 0.231. The molecular weight excluding hydrogens is 424 g/mol. The monoisotopic (exact) mass is 440 g/mol. The highest BCUT2D eigenvalue weighted by atomic mass is 32.2. The van der Waals surface area contributed by atoms with Crippen LogP contribution in [0.5, 0.6) is 0 Å². The van der Waals surface area contributed by atoms with E-state index >= 15 is 0 Å². The zero-order valence-electron chi connectivity index (χ0n) is 16.9. The molecule has 2 aromatic heterocycles. The van der Waals surface area contributed by atoms with Crippen LogP contribution in [0.1, 0.15) is 11.8 Å². The number of benzene rings is 3. The minimum atomic E-state index is -0.449. The van der Waals surface area contributed by atoms with Gasteiger partial charge in [-0.15, -0.1) is 11.8 Å². The molecule has 0 saturated carbocycles. The second kappa shape index (κ2) is 8.28. The average molecular weight is 440 g/mol. The molecule has 5 aromatic rings. The highest BCUT2D eigenvalue weighted by molar-refractivity contribution is 8.07. The van der Waals surface area contributed by atoms with Gasteiger partial charge in [0.15, 0.2) is 0 Å². The highest BCUT2D eigenvalue weighted by Gasteiger charge is 2.12. The van der Waals surface area contributed by atoms with E-state index in [0.29, 0.717) is 26.7 Å². The molecule has 0 fully saturated rings. The standard InChI is InChI=1S/C25H16N2O4S/c1-32-22(23-27-20-13-7-5-11-18(20)25(29)31-23)16-9-3-2-8-15(16)14-21-26-19-12-6-4-10-17(19)24(28)30-21/h2-14H,1H3/b15-14+,22-16-. The molecule has 0 bridgehead atoms. The molecule has 3 aromatic carbocycles. The molecule has 0 radical (unpaired) electrons. The van der Waals surface area contributed by atoms with Gasteiger partial charge in [0, 0.05) is 11.3 Å². The Morgan fingerprint density at radius 1 is 0.781 bits per heavy atom. The number of hydrogen-bond acceptors (Lipinski definition) is 7. The van der Waals surface area contributed by atoms with Crippen LogP contribution in [0.3, 0.4) is 0 Å². The second-order valence-corrected chi connectivity index (χ2v) is 7.76. The predicted octanol–water partition coefficient (Wildman–Crippen LogP) is 3.04. The Kier molecular flexibility index (Phi) is 5.17. The topological polar surface area (TPSA) is 86.2 Å². The van der Waals surface area contributed by atoms with Crippen LogP contribution in [0.25, 0.3) is 32.8 Å². The Hall–Kier alpha value is -3.97. The molecular formula is C25H16N2O4S. The van der Waals surface area contributed by atoms with Crippen LogP contribution in [0.4, 0.5) is 0 Å². The third-order valence-electron chi connectivity index (χ3n) is 4.97. The normalized spacial score (nSPS) is 13.0. The first-order valence-corrected chi connectivity index (χ1v) is 11.0. The molecule has 0 saturated heterocycles. The molecule has 0 unspecified atom stereocenters. The Balaban J connectivity index is 1.79. The van der Waals surface area contributed by atoms with Crippen LogP contribution < -0.4 is 21.7 Å². The molecule has 32 heavy (non-hydrogen) atoms. The summed E-state index contributed by atoms with van der Waals surface area (Å²) < 4.78 is 11.0. The zero-order chi connectivity index (χ0) is 22.1. The molecule has 0 aliphatic rings. The van der Waals surface area contributed by atoms with E-state index in [0.717, 1.165) is 10.4 Å². The van der Waals surface area contributed by atoms with Crippen molar-refractivity contribution in [3.8, 4) is 0 Å². The van der Waals surface area contributed by atoms with E-state index in [-0.39, 0.29) is 11.8 Å². The van der Waals surface area contributed by atoms with Crippen LogP contribution in [-0.2, 0) is 0 Å². The summed E-state index contributed by atoms with van der Waals surface area (Å²) in [7, 11) is 0. The maximum Gasteiger partial charge on any atom is 0.347 e. The van der Waals surface area contributed by atoms with Gasteiger partial charge in [-0.05, 0) is 35.7 Å². The van der Waals surface area contributed by atoms with Gasteiger partial charge in [-0.2, -0.15) is 0 Å². The Morgan fingerprint density at radius 2 is 1.38 bits per heavy atom. The van der Waals surface area contributed by atoms with Crippen molar-refractivity contribution in [3.63, 3.8) is 0 Å². The molecule has 6 nitrogen and oxygen atoms in total. The maximum atomic E-state index is 12.5. The third kappa shape index (κ3) is 3.63. The highest BCUT2D eigenvalue weighted by Crippen LogP contribution is 2.20. The van der Waals surface area contributed by atoms with E-state index in [1.165, 1.54) is 11.8 Å². The van der Waals surface area contributed by atoms with Gasteiger partial charge in [-0.25, -0.2) is 19.6 Å². The largest absolute Gasteiger partial charge is 0.404 e. The summed E-state index contributed by atoms with van der Waals surface area (Å²) in [6, 6.07) is 21.6. The summed E-state index contributed by atoms with van der Waals surface area (Å²) in [6.07, 6.45) is 3.58. The van der Waals surface area contributed by atoms with E-state index in [1.807, 2.05) is 42.7 Å². The lowest BCUT2D eigenvalue weighted by molar-refractivity contribution is 0.488. The van der Waals surface area contributed by atoms with Crippen molar-refractivity contribution in [1.82, 2.24) is 9.97 Å². The van der Waals surface area contributed by atoms with Crippen molar-refractivity contribution >= 4 is 44.5 Å².